The lowest BCUT2D eigenvalue weighted by Crippen LogP contribution is -2.27. The summed E-state index contributed by atoms with van der Waals surface area (Å²) in [4.78, 5) is 17.2. The fraction of sp³-hybridized carbons (Fsp3) is 0.136. The van der Waals surface area contributed by atoms with Gasteiger partial charge in [0.2, 0.25) is 0 Å². The van der Waals surface area contributed by atoms with E-state index in [0.717, 1.165) is 4.31 Å². The van der Waals surface area contributed by atoms with Gasteiger partial charge in [0.15, 0.2) is 5.65 Å². The molecule has 0 atom stereocenters. The molecular weight excluding hydrogens is 430 g/mol. The largest absolute Gasteiger partial charge is 0.495 e. The molecule has 1 N–H and O–H groups in total. The summed E-state index contributed by atoms with van der Waals surface area (Å²) < 4.78 is 34.5. The van der Waals surface area contributed by atoms with Crippen molar-refractivity contribution in [2.45, 2.75) is 11.8 Å². The molecule has 0 fully saturated rings. The Balaban J connectivity index is 1.69. The van der Waals surface area contributed by atoms with Gasteiger partial charge in [-0.3, -0.25) is 9.10 Å². The minimum Gasteiger partial charge on any atom is -0.495 e. The normalized spacial score (nSPS) is 11.3. The molecule has 0 saturated carbocycles. The van der Waals surface area contributed by atoms with E-state index in [-0.39, 0.29) is 10.5 Å². The van der Waals surface area contributed by atoms with E-state index in [4.69, 9.17) is 4.74 Å². The molecule has 32 heavy (non-hydrogen) atoms. The molecule has 9 nitrogen and oxygen atoms in total. The second-order valence-corrected chi connectivity index (χ2v) is 8.98. The van der Waals surface area contributed by atoms with Gasteiger partial charge in [0.1, 0.15) is 11.6 Å². The van der Waals surface area contributed by atoms with Crippen LogP contribution in [0.15, 0.2) is 71.9 Å². The van der Waals surface area contributed by atoms with Crippen molar-refractivity contribution in [3.63, 3.8) is 0 Å². The van der Waals surface area contributed by atoms with Crippen LogP contribution >= 0.6 is 0 Å². The van der Waals surface area contributed by atoms with Crippen LogP contribution < -0.4 is 14.4 Å². The SMILES string of the molecule is COc1ccccc1N(C)S(=O)(=O)c1ccc(C)c(C(=O)Nc2ccnc3ccnn23)c1. The maximum atomic E-state index is 13.3. The van der Waals surface area contributed by atoms with Gasteiger partial charge in [0.05, 0.1) is 23.9 Å². The number of aromatic nitrogens is 3. The Hall–Kier alpha value is -3.92. The monoisotopic (exact) mass is 451 g/mol. The fourth-order valence-electron chi connectivity index (χ4n) is 3.30. The first kappa shape index (κ1) is 21.3. The van der Waals surface area contributed by atoms with E-state index in [9.17, 15) is 13.2 Å². The molecule has 1 amide bonds. The molecule has 0 spiro atoms. The van der Waals surface area contributed by atoms with Crippen molar-refractivity contribution in [2.24, 2.45) is 0 Å². The summed E-state index contributed by atoms with van der Waals surface area (Å²) in [6.45, 7) is 1.74. The van der Waals surface area contributed by atoms with Crippen molar-refractivity contribution >= 4 is 33.1 Å². The van der Waals surface area contributed by atoms with E-state index in [2.05, 4.69) is 15.4 Å². The molecule has 2 heterocycles. The summed E-state index contributed by atoms with van der Waals surface area (Å²) in [5.41, 5.74) is 1.83. The maximum Gasteiger partial charge on any atom is 0.264 e. The van der Waals surface area contributed by atoms with E-state index in [0.29, 0.717) is 28.5 Å². The van der Waals surface area contributed by atoms with Gasteiger partial charge >= 0.3 is 0 Å². The number of amides is 1. The van der Waals surface area contributed by atoms with Gasteiger partial charge in [-0.25, -0.2) is 13.4 Å². The smallest absolute Gasteiger partial charge is 0.264 e. The number of fused-ring (bicyclic) bond motifs is 1. The minimum absolute atomic E-state index is 0.0133. The molecule has 10 heteroatoms. The van der Waals surface area contributed by atoms with Crippen molar-refractivity contribution in [2.75, 3.05) is 23.8 Å². The quantitative estimate of drug-likeness (QED) is 0.483. The maximum absolute atomic E-state index is 13.3. The van der Waals surface area contributed by atoms with Crippen LogP contribution in [-0.2, 0) is 10.0 Å². The topological polar surface area (TPSA) is 106 Å². The molecule has 0 bridgehead atoms. The van der Waals surface area contributed by atoms with Crippen LogP contribution in [0, 0.1) is 6.92 Å². The Kier molecular flexibility index (Phi) is 5.54. The number of rotatable bonds is 6. The third kappa shape index (κ3) is 3.76. The van der Waals surface area contributed by atoms with Gasteiger partial charge in [-0.05, 0) is 42.8 Å². The van der Waals surface area contributed by atoms with Crippen LogP contribution in [0.2, 0.25) is 0 Å². The molecule has 4 rings (SSSR count). The molecule has 164 valence electrons. The number of carbonyl (C=O) groups is 1. The first-order chi connectivity index (χ1) is 15.3. The number of benzene rings is 2. The van der Waals surface area contributed by atoms with Gasteiger partial charge in [-0.15, -0.1) is 0 Å². The summed E-state index contributed by atoms with van der Waals surface area (Å²) >= 11 is 0. The zero-order valence-corrected chi connectivity index (χ0v) is 18.5. The van der Waals surface area contributed by atoms with Crippen LogP contribution in [-0.4, -0.2) is 43.1 Å². The lowest BCUT2D eigenvalue weighted by molar-refractivity contribution is 0.102. The fourth-order valence-corrected chi connectivity index (χ4v) is 4.53. The summed E-state index contributed by atoms with van der Waals surface area (Å²) in [7, 11) is -1.03. The predicted molar refractivity (Wildman–Crippen MR) is 121 cm³/mol. The Morgan fingerprint density at radius 2 is 1.88 bits per heavy atom. The van der Waals surface area contributed by atoms with E-state index in [1.807, 2.05) is 0 Å². The number of hydrogen-bond donors (Lipinski definition) is 1. The third-order valence-corrected chi connectivity index (χ3v) is 6.84. The molecule has 0 saturated heterocycles. The average molecular weight is 452 g/mol. The summed E-state index contributed by atoms with van der Waals surface area (Å²) in [5, 5.41) is 6.92. The van der Waals surface area contributed by atoms with E-state index in [1.54, 1.807) is 61.8 Å². The molecule has 4 aromatic rings. The molecule has 2 aromatic heterocycles. The number of nitrogens with one attached hydrogen (secondary N) is 1. The van der Waals surface area contributed by atoms with Gasteiger partial charge in [0, 0.05) is 24.9 Å². The van der Waals surface area contributed by atoms with Crippen molar-refractivity contribution in [1.82, 2.24) is 14.6 Å². The molecule has 2 aromatic carbocycles. The lowest BCUT2D eigenvalue weighted by Gasteiger charge is -2.22. The van der Waals surface area contributed by atoms with E-state index >= 15 is 0 Å². The highest BCUT2D eigenvalue weighted by atomic mass is 32.2. The Labute approximate surface area is 185 Å². The standard InChI is InChI=1S/C22H21N5O4S/c1-15-8-9-16(32(29,30)26(2)18-6-4-5-7-19(18)31-3)14-17(15)22(28)25-21-10-12-23-20-11-13-24-27(20)21/h4-14H,1-3H3,(H,25,28). The van der Waals surface area contributed by atoms with Crippen LogP contribution in [0.4, 0.5) is 11.5 Å². The zero-order chi connectivity index (χ0) is 22.9. The van der Waals surface area contributed by atoms with Gasteiger partial charge in [-0.2, -0.15) is 9.61 Å². The number of hydrogen-bond acceptors (Lipinski definition) is 6. The second kappa shape index (κ2) is 8.31. The van der Waals surface area contributed by atoms with Gasteiger partial charge in [-0.1, -0.05) is 18.2 Å². The molecule has 0 aliphatic heterocycles. The van der Waals surface area contributed by atoms with Crippen molar-refractivity contribution in [3.05, 3.63) is 78.1 Å². The van der Waals surface area contributed by atoms with Crippen LogP contribution in [0.1, 0.15) is 15.9 Å². The van der Waals surface area contributed by atoms with Crippen molar-refractivity contribution in [3.8, 4) is 5.75 Å². The number of para-hydroxylation sites is 2. The third-order valence-electron chi connectivity index (χ3n) is 5.07. The second-order valence-electron chi connectivity index (χ2n) is 7.01. The Morgan fingerprint density at radius 3 is 2.66 bits per heavy atom. The van der Waals surface area contributed by atoms with E-state index in [1.165, 1.54) is 30.8 Å². The number of aryl methyl sites for hydroxylation is 1. The van der Waals surface area contributed by atoms with Crippen molar-refractivity contribution < 1.29 is 17.9 Å². The van der Waals surface area contributed by atoms with Crippen LogP contribution in [0.3, 0.4) is 0 Å². The molecule has 0 aliphatic rings. The minimum atomic E-state index is -3.95. The zero-order valence-electron chi connectivity index (χ0n) is 17.7. The molecule has 0 unspecified atom stereocenters. The highest BCUT2D eigenvalue weighted by Gasteiger charge is 2.25. The summed E-state index contributed by atoms with van der Waals surface area (Å²) in [5.74, 6) is 0.385. The van der Waals surface area contributed by atoms with Crippen molar-refractivity contribution in [1.29, 1.82) is 0 Å². The number of sulfonamides is 1. The first-order valence-electron chi connectivity index (χ1n) is 9.65. The Morgan fingerprint density at radius 1 is 1.09 bits per heavy atom. The van der Waals surface area contributed by atoms with Gasteiger partial charge in [0.25, 0.3) is 15.9 Å². The van der Waals surface area contributed by atoms with Gasteiger partial charge < -0.3 is 10.1 Å². The Bertz CT molecular complexity index is 1410. The first-order valence-corrected chi connectivity index (χ1v) is 11.1. The summed E-state index contributed by atoms with van der Waals surface area (Å²) in [6.07, 6.45) is 3.13. The molecule has 0 aliphatic carbocycles. The van der Waals surface area contributed by atoms with E-state index < -0.39 is 15.9 Å². The summed E-state index contributed by atoms with van der Waals surface area (Å²) in [6, 6.07) is 14.6. The highest BCUT2D eigenvalue weighted by Crippen LogP contribution is 2.31. The molecule has 0 radical (unpaired) electrons. The predicted octanol–water partition coefficient (Wildman–Crippen LogP) is 3.12. The number of methoxy groups -OCH3 is 1. The average Bonchev–Trinajstić information content (AvgIpc) is 3.28. The number of carbonyl (C=O) groups excluding carboxylic acids is 1. The highest BCUT2D eigenvalue weighted by molar-refractivity contribution is 7.92. The number of ether oxygens (including phenoxy) is 1. The number of nitrogens with zero attached hydrogens (tertiary/aromatic N) is 4. The van der Waals surface area contributed by atoms with Crippen LogP contribution in [0.5, 0.6) is 5.75 Å². The molecular formula is C22H21N5O4S. The lowest BCUT2D eigenvalue weighted by atomic mass is 10.1. The van der Waals surface area contributed by atoms with Crippen LogP contribution in [0.25, 0.3) is 5.65 Å². The number of anilines is 2.